The average Bonchev–Trinajstić information content (AvgIpc) is 3.32. The highest BCUT2D eigenvalue weighted by Gasteiger charge is 2.19. The van der Waals surface area contributed by atoms with E-state index in [0.29, 0.717) is 17.9 Å². The van der Waals surface area contributed by atoms with Gasteiger partial charge in [-0.15, -0.1) is 0 Å². The van der Waals surface area contributed by atoms with Gasteiger partial charge in [0.1, 0.15) is 17.2 Å². The average molecular weight is 434 g/mol. The van der Waals surface area contributed by atoms with Crippen LogP contribution in [-0.2, 0) is 4.79 Å². The van der Waals surface area contributed by atoms with Crippen LogP contribution in [0.2, 0.25) is 0 Å². The molecule has 7 nitrogen and oxygen atoms in total. The molecule has 7 heteroatoms. The van der Waals surface area contributed by atoms with Crippen molar-refractivity contribution >= 4 is 17.9 Å². The number of furan rings is 1. The number of nitrogens with one attached hydrogen (secondary N) is 2. The quantitative estimate of drug-likeness (QED) is 0.505. The van der Waals surface area contributed by atoms with Gasteiger partial charge in [-0.25, -0.2) is 0 Å². The number of likely N-dealkylation sites (N-methyl/N-ethyl adjacent to an activating group) is 1. The fourth-order valence-electron chi connectivity index (χ4n) is 3.19. The van der Waals surface area contributed by atoms with E-state index in [1.807, 2.05) is 49.3 Å². The van der Waals surface area contributed by atoms with Gasteiger partial charge in [0.05, 0.1) is 19.4 Å². The topological polar surface area (TPSA) is 83.8 Å². The summed E-state index contributed by atoms with van der Waals surface area (Å²) in [6.07, 6.45) is 3.01. The molecule has 0 radical (unpaired) electrons. The Morgan fingerprint density at radius 1 is 1.06 bits per heavy atom. The molecule has 0 saturated heterocycles. The van der Waals surface area contributed by atoms with E-state index in [2.05, 4.69) is 10.6 Å². The van der Waals surface area contributed by atoms with Crippen molar-refractivity contribution in [3.05, 3.63) is 95.6 Å². The Kier molecular flexibility index (Phi) is 7.83. The van der Waals surface area contributed by atoms with Gasteiger partial charge >= 0.3 is 0 Å². The molecular formula is C25H27N3O4. The van der Waals surface area contributed by atoms with Crippen molar-refractivity contribution in [3.63, 3.8) is 0 Å². The monoisotopic (exact) mass is 433 g/mol. The van der Waals surface area contributed by atoms with Crippen molar-refractivity contribution in [2.75, 3.05) is 27.7 Å². The van der Waals surface area contributed by atoms with Crippen molar-refractivity contribution in [2.24, 2.45) is 0 Å². The van der Waals surface area contributed by atoms with Crippen molar-refractivity contribution in [2.45, 2.75) is 6.04 Å². The Balaban J connectivity index is 1.77. The van der Waals surface area contributed by atoms with Crippen LogP contribution in [0.1, 0.15) is 27.7 Å². The molecular weight excluding hydrogens is 406 g/mol. The number of carbonyl (C=O) groups excluding carboxylic acids is 2. The third-order valence-electron chi connectivity index (χ3n) is 4.92. The number of rotatable bonds is 9. The highest BCUT2D eigenvalue weighted by molar-refractivity contribution is 6.05. The molecule has 32 heavy (non-hydrogen) atoms. The van der Waals surface area contributed by atoms with E-state index in [1.54, 1.807) is 43.5 Å². The molecule has 2 amide bonds. The van der Waals surface area contributed by atoms with Crippen LogP contribution >= 0.6 is 0 Å². The first-order valence-electron chi connectivity index (χ1n) is 10.2. The van der Waals surface area contributed by atoms with Crippen LogP contribution in [0.3, 0.4) is 0 Å². The molecule has 3 rings (SSSR count). The van der Waals surface area contributed by atoms with Crippen LogP contribution < -0.4 is 15.4 Å². The van der Waals surface area contributed by atoms with E-state index in [0.717, 1.165) is 11.3 Å². The number of carbonyl (C=O) groups is 2. The molecule has 2 aromatic carbocycles. The molecule has 0 fully saturated rings. The summed E-state index contributed by atoms with van der Waals surface area (Å²) in [7, 11) is 5.49. The predicted molar refractivity (Wildman–Crippen MR) is 123 cm³/mol. The first-order chi connectivity index (χ1) is 15.5. The molecule has 0 spiro atoms. The number of amides is 2. The molecule has 0 saturated carbocycles. The summed E-state index contributed by atoms with van der Waals surface area (Å²) in [5.41, 5.74) is 1.55. The minimum Gasteiger partial charge on any atom is -0.497 e. The van der Waals surface area contributed by atoms with Gasteiger partial charge in [-0.1, -0.05) is 30.3 Å². The molecule has 0 bridgehead atoms. The molecule has 1 unspecified atom stereocenters. The molecule has 2 N–H and O–H groups in total. The van der Waals surface area contributed by atoms with Gasteiger partial charge in [-0.2, -0.15) is 0 Å². The van der Waals surface area contributed by atoms with Crippen LogP contribution in [0.25, 0.3) is 6.08 Å². The normalized spacial score (nSPS) is 12.3. The summed E-state index contributed by atoms with van der Waals surface area (Å²) in [5, 5.41) is 5.62. The number of hydrogen-bond donors (Lipinski definition) is 2. The minimum atomic E-state index is -0.416. The van der Waals surface area contributed by atoms with Gasteiger partial charge in [-0.05, 0) is 56.1 Å². The molecule has 0 aliphatic rings. The summed E-state index contributed by atoms with van der Waals surface area (Å²) in [4.78, 5) is 27.7. The lowest BCUT2D eigenvalue weighted by Crippen LogP contribution is -2.39. The fraction of sp³-hybridized carbons (Fsp3) is 0.200. The molecule has 1 aromatic heterocycles. The van der Waals surface area contributed by atoms with Gasteiger partial charge in [0, 0.05) is 18.2 Å². The number of benzene rings is 2. The second-order valence-corrected chi connectivity index (χ2v) is 7.36. The predicted octanol–water partition coefficient (Wildman–Crippen LogP) is 3.48. The molecule has 0 aliphatic carbocycles. The molecule has 0 aliphatic heterocycles. The summed E-state index contributed by atoms with van der Waals surface area (Å²) >= 11 is 0. The summed E-state index contributed by atoms with van der Waals surface area (Å²) in [5.74, 6) is 0.408. The Labute approximate surface area is 187 Å². The number of nitrogens with zero attached hydrogens (tertiary/aromatic N) is 1. The summed E-state index contributed by atoms with van der Waals surface area (Å²) in [6, 6.07) is 19.8. The first kappa shape index (κ1) is 22.8. The molecule has 3 aromatic rings. The maximum atomic E-state index is 13.0. The van der Waals surface area contributed by atoms with E-state index in [1.165, 1.54) is 12.3 Å². The third kappa shape index (κ3) is 6.09. The summed E-state index contributed by atoms with van der Waals surface area (Å²) in [6.45, 7) is 0.329. The Hall–Kier alpha value is -3.84. The maximum absolute atomic E-state index is 13.0. The van der Waals surface area contributed by atoms with Crippen molar-refractivity contribution in [3.8, 4) is 5.75 Å². The maximum Gasteiger partial charge on any atom is 0.268 e. The van der Waals surface area contributed by atoms with E-state index < -0.39 is 5.91 Å². The highest BCUT2D eigenvalue weighted by Crippen LogP contribution is 2.22. The lowest BCUT2D eigenvalue weighted by Gasteiger charge is -2.25. The van der Waals surface area contributed by atoms with Gasteiger partial charge in [0.2, 0.25) is 0 Å². The second kappa shape index (κ2) is 11.0. The van der Waals surface area contributed by atoms with Crippen LogP contribution in [-0.4, -0.2) is 44.5 Å². The van der Waals surface area contributed by atoms with Gasteiger partial charge in [-0.3, -0.25) is 9.59 Å². The standard InChI is InChI=1S/C25H27N3O4/c1-28(2)23(19-11-7-12-20(15-19)31-3)17-26-25(30)22(16-21-13-8-14-32-21)27-24(29)18-9-5-4-6-10-18/h4-16,23H,17H2,1-3H3,(H,26,30)(H,27,29). The van der Waals surface area contributed by atoms with E-state index in [4.69, 9.17) is 9.15 Å². The van der Waals surface area contributed by atoms with Crippen LogP contribution in [0.5, 0.6) is 5.75 Å². The van der Waals surface area contributed by atoms with Crippen LogP contribution in [0, 0.1) is 0 Å². The highest BCUT2D eigenvalue weighted by atomic mass is 16.5. The molecule has 1 heterocycles. The fourth-order valence-corrected chi connectivity index (χ4v) is 3.19. The van der Waals surface area contributed by atoms with E-state index >= 15 is 0 Å². The first-order valence-corrected chi connectivity index (χ1v) is 10.2. The Morgan fingerprint density at radius 3 is 2.50 bits per heavy atom. The smallest absolute Gasteiger partial charge is 0.268 e. The number of methoxy groups -OCH3 is 1. The van der Waals surface area contributed by atoms with Crippen LogP contribution in [0.4, 0.5) is 0 Å². The zero-order chi connectivity index (χ0) is 22.9. The van der Waals surface area contributed by atoms with Crippen molar-refractivity contribution in [1.82, 2.24) is 15.5 Å². The SMILES string of the molecule is COc1cccc(C(CNC(=O)C(=Cc2ccco2)NC(=O)c2ccccc2)N(C)C)c1. The van der Waals surface area contributed by atoms with Gasteiger partial charge in [0.25, 0.3) is 11.8 Å². The van der Waals surface area contributed by atoms with Crippen molar-refractivity contribution in [1.29, 1.82) is 0 Å². The third-order valence-corrected chi connectivity index (χ3v) is 4.92. The van der Waals surface area contributed by atoms with Gasteiger partial charge < -0.3 is 24.7 Å². The summed E-state index contributed by atoms with van der Waals surface area (Å²) < 4.78 is 10.7. The van der Waals surface area contributed by atoms with E-state index in [-0.39, 0.29) is 17.6 Å². The Bertz CT molecular complexity index is 1060. The number of hydrogen-bond acceptors (Lipinski definition) is 5. The zero-order valence-electron chi connectivity index (χ0n) is 18.4. The molecule has 1 atom stereocenters. The second-order valence-electron chi connectivity index (χ2n) is 7.36. The van der Waals surface area contributed by atoms with Crippen molar-refractivity contribution < 1.29 is 18.7 Å². The van der Waals surface area contributed by atoms with E-state index in [9.17, 15) is 9.59 Å². The molecule has 166 valence electrons. The zero-order valence-corrected chi connectivity index (χ0v) is 18.4. The lowest BCUT2D eigenvalue weighted by molar-refractivity contribution is -0.117. The largest absolute Gasteiger partial charge is 0.497 e. The van der Waals surface area contributed by atoms with Crippen LogP contribution in [0.15, 0.2) is 83.1 Å². The Morgan fingerprint density at radius 2 is 1.84 bits per heavy atom. The number of ether oxygens (including phenoxy) is 1. The van der Waals surface area contributed by atoms with Gasteiger partial charge in [0.15, 0.2) is 0 Å². The minimum absolute atomic E-state index is 0.0938. The lowest BCUT2D eigenvalue weighted by atomic mass is 10.1.